The maximum atomic E-state index is 13.3. The number of aryl methyl sites for hydroxylation is 1. The summed E-state index contributed by atoms with van der Waals surface area (Å²) in [5.74, 6) is -0.0161. The number of hydrogen-bond donors (Lipinski definition) is 1. The van der Waals surface area contributed by atoms with Crippen molar-refractivity contribution >= 4 is 12.2 Å². The van der Waals surface area contributed by atoms with Crippen LogP contribution in [-0.2, 0) is 11.3 Å². The molecule has 0 spiro atoms. The molecule has 2 rings (SSSR count). The summed E-state index contributed by atoms with van der Waals surface area (Å²) in [7, 11) is 0. The number of nitrogens with two attached hydrogens (primary N) is 1. The van der Waals surface area contributed by atoms with Gasteiger partial charge in [-0.05, 0) is 24.6 Å². The van der Waals surface area contributed by atoms with Crippen molar-refractivity contribution in [3.05, 3.63) is 59.7 Å². The molecule has 110 valence electrons. The third-order valence-corrected chi connectivity index (χ3v) is 2.75. The number of benzene rings is 1. The Balaban J connectivity index is 2.22. The van der Waals surface area contributed by atoms with Gasteiger partial charge in [-0.2, -0.15) is 5.10 Å². The summed E-state index contributed by atoms with van der Waals surface area (Å²) in [5, 5.41) is 4.22. The minimum absolute atomic E-state index is 0.281. The molecule has 0 amide bonds. The fourth-order valence-corrected chi connectivity index (χ4v) is 1.80. The quantitative estimate of drug-likeness (QED) is 0.504. The van der Waals surface area contributed by atoms with Gasteiger partial charge in [0.25, 0.3) is 0 Å². The maximum Gasteiger partial charge on any atom is 0.221 e. The van der Waals surface area contributed by atoms with Crippen LogP contribution in [0.5, 0.6) is 0 Å². The van der Waals surface area contributed by atoms with E-state index in [-0.39, 0.29) is 12.4 Å². The smallest absolute Gasteiger partial charge is 0.221 e. The van der Waals surface area contributed by atoms with Crippen molar-refractivity contribution in [1.29, 1.82) is 0 Å². The van der Waals surface area contributed by atoms with Crippen LogP contribution in [0, 0.1) is 12.7 Å². The van der Waals surface area contributed by atoms with Crippen LogP contribution in [-0.4, -0.2) is 22.5 Å². The van der Waals surface area contributed by atoms with E-state index in [1.54, 1.807) is 24.6 Å². The molecule has 0 radical (unpaired) electrons. The molecular weight excluding hydrogens is 271 g/mol. The number of anilines is 1. The number of imidazole rings is 1. The van der Waals surface area contributed by atoms with Crippen LogP contribution in [0.3, 0.4) is 0 Å². The first-order chi connectivity index (χ1) is 10.1. The molecule has 6 heteroatoms. The Hall–Kier alpha value is -2.47. The summed E-state index contributed by atoms with van der Waals surface area (Å²) in [6.07, 6.45) is 4.95. The van der Waals surface area contributed by atoms with E-state index in [0.29, 0.717) is 18.1 Å². The number of ether oxygens (including phenoxy) is 1. The molecule has 0 aliphatic heterocycles. The van der Waals surface area contributed by atoms with Crippen molar-refractivity contribution < 1.29 is 9.13 Å². The summed E-state index contributed by atoms with van der Waals surface area (Å²) < 4.78 is 20.2. The molecule has 1 aromatic carbocycles. The van der Waals surface area contributed by atoms with Crippen LogP contribution in [0.25, 0.3) is 0 Å². The molecule has 1 heterocycles. The van der Waals surface area contributed by atoms with Crippen molar-refractivity contribution in [2.75, 3.05) is 12.3 Å². The minimum atomic E-state index is -0.317. The lowest BCUT2D eigenvalue weighted by Crippen LogP contribution is -2.01. The van der Waals surface area contributed by atoms with Gasteiger partial charge in [0, 0.05) is 5.56 Å². The van der Waals surface area contributed by atoms with E-state index in [2.05, 4.69) is 16.7 Å². The van der Waals surface area contributed by atoms with Gasteiger partial charge in [-0.1, -0.05) is 12.1 Å². The number of nitrogens with zero attached hydrogens (tertiary/aromatic N) is 3. The van der Waals surface area contributed by atoms with Gasteiger partial charge < -0.3 is 10.5 Å². The number of halogens is 1. The summed E-state index contributed by atoms with van der Waals surface area (Å²) in [5.41, 5.74) is 7.94. The summed E-state index contributed by atoms with van der Waals surface area (Å²) in [6.45, 7) is 6.08. The molecule has 0 aliphatic carbocycles. The summed E-state index contributed by atoms with van der Waals surface area (Å²) in [4.78, 5) is 4.05. The fraction of sp³-hybridized carbons (Fsp3) is 0.200. The Bertz CT molecular complexity index is 664. The molecule has 2 aromatic rings. The second-order valence-electron chi connectivity index (χ2n) is 4.48. The number of aromatic nitrogens is 2. The molecule has 0 bridgehead atoms. The van der Waals surface area contributed by atoms with Gasteiger partial charge in [0.2, 0.25) is 5.95 Å². The van der Waals surface area contributed by atoms with E-state index in [1.807, 2.05) is 6.92 Å². The van der Waals surface area contributed by atoms with Crippen LogP contribution in [0.1, 0.15) is 16.8 Å². The number of rotatable bonds is 6. The first kappa shape index (κ1) is 14.9. The average molecular weight is 288 g/mol. The van der Waals surface area contributed by atoms with Crippen molar-refractivity contribution in [2.24, 2.45) is 5.10 Å². The van der Waals surface area contributed by atoms with Gasteiger partial charge >= 0.3 is 0 Å². The SMILES string of the molecule is C=CCOCc1cc(F)ccc1C=Nn1cc(C)nc1N. The highest BCUT2D eigenvalue weighted by atomic mass is 19.1. The Morgan fingerprint density at radius 2 is 2.33 bits per heavy atom. The zero-order chi connectivity index (χ0) is 15.2. The molecular formula is C15H17FN4O. The minimum Gasteiger partial charge on any atom is -0.373 e. The summed E-state index contributed by atoms with van der Waals surface area (Å²) >= 11 is 0. The lowest BCUT2D eigenvalue weighted by molar-refractivity contribution is 0.148. The standard InChI is InChI=1S/C15H17FN4O/c1-3-6-21-10-13-7-14(16)5-4-12(13)8-18-20-9-11(2)19-15(20)17/h3-5,7-9H,1,6,10H2,2H3,(H2,17,19). The largest absolute Gasteiger partial charge is 0.373 e. The van der Waals surface area contributed by atoms with Crippen LogP contribution in [0.15, 0.2) is 42.2 Å². The van der Waals surface area contributed by atoms with Crippen molar-refractivity contribution in [1.82, 2.24) is 9.66 Å². The predicted molar refractivity (Wildman–Crippen MR) is 80.6 cm³/mol. The average Bonchev–Trinajstić information content (AvgIpc) is 2.76. The zero-order valence-electron chi connectivity index (χ0n) is 11.8. The van der Waals surface area contributed by atoms with E-state index < -0.39 is 0 Å². The highest BCUT2D eigenvalue weighted by molar-refractivity contribution is 5.81. The predicted octanol–water partition coefficient (Wildman–Crippen LogP) is 2.50. The topological polar surface area (TPSA) is 65.4 Å². The van der Waals surface area contributed by atoms with Gasteiger partial charge in [-0.3, -0.25) is 0 Å². The second-order valence-corrected chi connectivity index (χ2v) is 4.48. The third kappa shape index (κ3) is 4.00. The molecule has 0 fully saturated rings. The fourth-order valence-electron chi connectivity index (χ4n) is 1.80. The Kier molecular flexibility index (Phi) is 4.84. The van der Waals surface area contributed by atoms with E-state index in [4.69, 9.17) is 10.5 Å². The van der Waals surface area contributed by atoms with Crippen LogP contribution in [0.2, 0.25) is 0 Å². The third-order valence-electron chi connectivity index (χ3n) is 2.75. The Morgan fingerprint density at radius 3 is 3.00 bits per heavy atom. The lowest BCUT2D eigenvalue weighted by atomic mass is 10.1. The van der Waals surface area contributed by atoms with Crippen molar-refractivity contribution in [2.45, 2.75) is 13.5 Å². The molecule has 21 heavy (non-hydrogen) atoms. The Morgan fingerprint density at radius 1 is 1.52 bits per heavy atom. The number of hydrogen-bond acceptors (Lipinski definition) is 4. The van der Waals surface area contributed by atoms with Gasteiger partial charge in [-0.15, -0.1) is 6.58 Å². The van der Waals surface area contributed by atoms with Crippen LogP contribution in [0.4, 0.5) is 10.3 Å². The highest BCUT2D eigenvalue weighted by Crippen LogP contribution is 2.12. The molecule has 2 N–H and O–H groups in total. The molecule has 0 saturated heterocycles. The van der Waals surface area contributed by atoms with Gasteiger partial charge in [-0.25, -0.2) is 14.1 Å². The monoisotopic (exact) mass is 288 g/mol. The van der Waals surface area contributed by atoms with E-state index in [9.17, 15) is 4.39 Å². The Labute approximate surface area is 122 Å². The highest BCUT2D eigenvalue weighted by Gasteiger charge is 2.04. The molecule has 0 atom stereocenters. The van der Waals surface area contributed by atoms with Gasteiger partial charge in [0.05, 0.1) is 31.3 Å². The molecule has 0 saturated carbocycles. The van der Waals surface area contributed by atoms with Gasteiger partial charge in [0.15, 0.2) is 0 Å². The first-order valence-corrected chi connectivity index (χ1v) is 6.43. The van der Waals surface area contributed by atoms with Crippen molar-refractivity contribution in [3.63, 3.8) is 0 Å². The first-order valence-electron chi connectivity index (χ1n) is 6.43. The van der Waals surface area contributed by atoms with Crippen molar-refractivity contribution in [3.8, 4) is 0 Å². The van der Waals surface area contributed by atoms with Crippen LogP contribution >= 0.6 is 0 Å². The molecule has 5 nitrogen and oxygen atoms in total. The normalized spacial score (nSPS) is 11.1. The molecule has 0 aliphatic rings. The zero-order valence-corrected chi connectivity index (χ0v) is 11.8. The van der Waals surface area contributed by atoms with E-state index >= 15 is 0 Å². The van der Waals surface area contributed by atoms with Gasteiger partial charge in [0.1, 0.15) is 5.82 Å². The second kappa shape index (κ2) is 6.81. The van der Waals surface area contributed by atoms with E-state index in [0.717, 1.165) is 11.3 Å². The molecule has 1 aromatic heterocycles. The summed E-state index contributed by atoms with van der Waals surface area (Å²) in [6, 6.07) is 4.44. The lowest BCUT2D eigenvalue weighted by Gasteiger charge is -2.06. The van der Waals surface area contributed by atoms with Crippen LogP contribution < -0.4 is 5.73 Å². The molecule has 0 unspecified atom stereocenters. The van der Waals surface area contributed by atoms with E-state index in [1.165, 1.54) is 16.8 Å². The number of nitrogen functional groups attached to an aromatic ring is 1. The maximum absolute atomic E-state index is 13.3.